The second-order valence-corrected chi connectivity index (χ2v) is 10.0. The number of carboxylic acid groups (broad SMARTS) is 1. The number of rotatable bonds is 7. The largest absolute Gasteiger partial charge is 0.495 e. The van der Waals surface area contributed by atoms with Gasteiger partial charge in [0.25, 0.3) is 0 Å². The van der Waals surface area contributed by atoms with Gasteiger partial charge in [-0.15, -0.1) is 0 Å². The van der Waals surface area contributed by atoms with Gasteiger partial charge in [-0.3, -0.25) is 14.6 Å². The van der Waals surface area contributed by atoms with Crippen molar-refractivity contribution in [3.63, 3.8) is 0 Å². The van der Waals surface area contributed by atoms with Crippen molar-refractivity contribution in [3.05, 3.63) is 17.7 Å². The summed E-state index contributed by atoms with van der Waals surface area (Å²) in [5.41, 5.74) is 1.71. The van der Waals surface area contributed by atoms with E-state index in [1.807, 2.05) is 17.0 Å². The lowest BCUT2D eigenvalue weighted by atomic mass is 10.0. The van der Waals surface area contributed by atoms with Gasteiger partial charge < -0.3 is 20.1 Å². The van der Waals surface area contributed by atoms with Crippen LogP contribution in [0.5, 0.6) is 5.75 Å². The van der Waals surface area contributed by atoms with Crippen LogP contribution >= 0.6 is 0 Å². The number of nitrogens with zero attached hydrogens (tertiary/aromatic N) is 5. The molecule has 0 amide bonds. The Labute approximate surface area is 212 Å². The van der Waals surface area contributed by atoms with Gasteiger partial charge in [-0.2, -0.15) is 4.98 Å². The topological polar surface area (TPSA) is 94.1 Å². The Bertz CT molecular complexity index is 1140. The third kappa shape index (κ3) is 5.82. The molecule has 0 saturated carbocycles. The van der Waals surface area contributed by atoms with Crippen LogP contribution in [-0.2, 0) is 4.79 Å². The number of hydrogen-bond acceptors (Lipinski definition) is 8. The van der Waals surface area contributed by atoms with Crippen LogP contribution in [-0.4, -0.2) is 96.4 Å². The molecular weight excluding hydrogens is 456 g/mol. The Balaban J connectivity index is 1.43. The van der Waals surface area contributed by atoms with Gasteiger partial charge in [0.15, 0.2) is 0 Å². The van der Waals surface area contributed by atoms with Crippen molar-refractivity contribution in [3.8, 4) is 17.6 Å². The summed E-state index contributed by atoms with van der Waals surface area (Å²) in [6, 6.07) is 4.27. The van der Waals surface area contributed by atoms with E-state index >= 15 is 0 Å². The maximum absolute atomic E-state index is 11.1. The van der Waals surface area contributed by atoms with Crippen LogP contribution < -0.4 is 15.0 Å². The number of carbonyl (C=O) groups is 1. The molecule has 1 aromatic heterocycles. The summed E-state index contributed by atoms with van der Waals surface area (Å²) >= 11 is 0. The molecule has 9 nitrogen and oxygen atoms in total. The van der Waals surface area contributed by atoms with Gasteiger partial charge in [0, 0.05) is 37.6 Å². The Morgan fingerprint density at radius 3 is 2.47 bits per heavy atom. The van der Waals surface area contributed by atoms with Crippen LogP contribution in [0, 0.1) is 11.8 Å². The number of methoxy groups -OCH3 is 1. The van der Waals surface area contributed by atoms with Gasteiger partial charge >= 0.3 is 5.97 Å². The standard InChI is InChI=1S/C27H36N6O3/c1-36-24-18-22-23(17-20(24)7-6-12-31-10-2-3-11-31)29-27(33-13-4-5-14-33)30-26(22)28-21-8-15-32(16-9-21)19-25(34)35/h17-18,21H,2-5,8-16,19H2,1H3,(H,34,35)(H,28,29,30). The summed E-state index contributed by atoms with van der Waals surface area (Å²) in [6.07, 6.45) is 6.56. The highest BCUT2D eigenvalue weighted by atomic mass is 16.5. The molecule has 0 unspecified atom stereocenters. The van der Waals surface area contributed by atoms with Gasteiger partial charge in [0.2, 0.25) is 5.95 Å². The maximum atomic E-state index is 11.1. The number of fused-ring (bicyclic) bond motifs is 1. The fourth-order valence-corrected chi connectivity index (χ4v) is 5.39. The van der Waals surface area contributed by atoms with E-state index in [1.54, 1.807) is 7.11 Å². The maximum Gasteiger partial charge on any atom is 0.317 e. The number of aromatic nitrogens is 2. The van der Waals surface area contributed by atoms with Crippen molar-refractivity contribution < 1.29 is 14.6 Å². The lowest BCUT2D eigenvalue weighted by Crippen LogP contribution is -2.41. The average Bonchev–Trinajstić information content (AvgIpc) is 3.59. The highest BCUT2D eigenvalue weighted by Crippen LogP contribution is 2.32. The molecule has 2 N–H and O–H groups in total. The van der Waals surface area contributed by atoms with Crippen LogP contribution in [0.3, 0.4) is 0 Å². The van der Waals surface area contributed by atoms with Crippen molar-refractivity contribution in [1.82, 2.24) is 19.8 Å². The van der Waals surface area contributed by atoms with Gasteiger partial charge in [-0.1, -0.05) is 11.8 Å². The number of likely N-dealkylation sites (tertiary alicyclic amines) is 2. The van der Waals surface area contributed by atoms with Gasteiger partial charge in [-0.05, 0) is 63.7 Å². The first-order valence-corrected chi connectivity index (χ1v) is 13.2. The summed E-state index contributed by atoms with van der Waals surface area (Å²) in [6.45, 7) is 6.57. The SMILES string of the molecule is COc1cc2c(NC3CCN(CC(=O)O)CC3)nc(N3CCCC3)nc2cc1C#CCN1CCCC1. The molecule has 2 aromatic rings. The van der Waals surface area contributed by atoms with Gasteiger partial charge in [0.1, 0.15) is 11.6 Å². The van der Waals surface area contributed by atoms with Crippen LogP contribution in [0.15, 0.2) is 12.1 Å². The Hall–Kier alpha value is -3.09. The normalized spacial score (nSPS) is 19.4. The van der Waals surface area contributed by atoms with E-state index in [-0.39, 0.29) is 12.6 Å². The Morgan fingerprint density at radius 1 is 1.06 bits per heavy atom. The monoisotopic (exact) mass is 492 g/mol. The van der Waals surface area contributed by atoms with Crippen LogP contribution in [0.1, 0.15) is 44.1 Å². The number of aliphatic carboxylic acids is 1. The fraction of sp³-hybridized carbons (Fsp3) is 0.593. The highest BCUT2D eigenvalue weighted by molar-refractivity contribution is 5.93. The number of anilines is 2. The second kappa shape index (κ2) is 11.3. The van der Waals surface area contributed by atoms with Crippen molar-refractivity contribution >= 4 is 28.6 Å². The zero-order valence-electron chi connectivity index (χ0n) is 21.1. The zero-order valence-corrected chi connectivity index (χ0v) is 21.1. The molecule has 5 rings (SSSR count). The average molecular weight is 493 g/mol. The molecule has 0 atom stereocenters. The quantitative estimate of drug-likeness (QED) is 0.566. The lowest BCUT2D eigenvalue weighted by molar-refractivity contribution is -0.138. The first kappa shape index (κ1) is 24.6. The minimum atomic E-state index is -0.773. The first-order chi connectivity index (χ1) is 17.6. The zero-order chi connectivity index (χ0) is 24.9. The molecule has 3 aliphatic rings. The molecule has 192 valence electrons. The minimum absolute atomic E-state index is 0.0983. The molecule has 3 saturated heterocycles. The van der Waals surface area contributed by atoms with Crippen molar-refractivity contribution in [2.45, 2.75) is 44.6 Å². The van der Waals surface area contributed by atoms with Gasteiger partial charge in [0.05, 0.1) is 31.3 Å². The number of carboxylic acids is 1. The lowest BCUT2D eigenvalue weighted by Gasteiger charge is -2.32. The van der Waals surface area contributed by atoms with Crippen molar-refractivity contribution in [2.24, 2.45) is 0 Å². The molecule has 0 spiro atoms. The molecule has 9 heteroatoms. The predicted molar refractivity (Wildman–Crippen MR) is 141 cm³/mol. The summed E-state index contributed by atoms with van der Waals surface area (Å²) in [4.78, 5) is 27.6. The highest BCUT2D eigenvalue weighted by Gasteiger charge is 2.24. The van der Waals surface area contributed by atoms with Crippen LogP contribution in [0.2, 0.25) is 0 Å². The van der Waals surface area contributed by atoms with Crippen molar-refractivity contribution in [1.29, 1.82) is 0 Å². The third-order valence-corrected chi connectivity index (χ3v) is 7.41. The van der Waals surface area contributed by atoms with E-state index in [1.165, 1.54) is 12.8 Å². The van der Waals surface area contributed by atoms with E-state index in [0.717, 1.165) is 105 Å². The summed E-state index contributed by atoms with van der Waals surface area (Å²) in [5.74, 6) is 8.19. The fourth-order valence-electron chi connectivity index (χ4n) is 5.39. The number of ether oxygens (including phenoxy) is 1. The summed E-state index contributed by atoms with van der Waals surface area (Å²) in [5, 5.41) is 13.7. The van der Waals surface area contributed by atoms with E-state index in [4.69, 9.17) is 19.8 Å². The molecule has 1 aromatic carbocycles. The Kier molecular flexibility index (Phi) is 7.73. The number of hydrogen-bond donors (Lipinski definition) is 2. The molecule has 36 heavy (non-hydrogen) atoms. The van der Waals surface area contributed by atoms with E-state index in [9.17, 15) is 4.79 Å². The van der Waals surface area contributed by atoms with E-state index in [2.05, 4.69) is 27.0 Å². The predicted octanol–water partition coefficient (Wildman–Crippen LogP) is 2.65. The Morgan fingerprint density at radius 2 is 1.78 bits per heavy atom. The molecule has 3 aliphatic heterocycles. The number of piperidine rings is 1. The number of benzene rings is 1. The second-order valence-electron chi connectivity index (χ2n) is 10.0. The molecule has 0 aliphatic carbocycles. The molecule has 0 radical (unpaired) electrons. The molecule has 3 fully saturated rings. The molecule has 0 bridgehead atoms. The number of nitrogens with one attached hydrogen (secondary N) is 1. The minimum Gasteiger partial charge on any atom is -0.495 e. The van der Waals surface area contributed by atoms with Crippen LogP contribution in [0.25, 0.3) is 10.9 Å². The van der Waals surface area contributed by atoms with E-state index < -0.39 is 5.97 Å². The van der Waals surface area contributed by atoms with Crippen molar-refractivity contribution in [2.75, 3.05) is 69.7 Å². The third-order valence-electron chi connectivity index (χ3n) is 7.41. The van der Waals surface area contributed by atoms with E-state index in [0.29, 0.717) is 0 Å². The molecule has 4 heterocycles. The van der Waals surface area contributed by atoms with Crippen LogP contribution in [0.4, 0.5) is 11.8 Å². The summed E-state index contributed by atoms with van der Waals surface area (Å²) < 4.78 is 5.73. The smallest absolute Gasteiger partial charge is 0.317 e. The molecular formula is C27H36N6O3. The first-order valence-electron chi connectivity index (χ1n) is 13.2. The summed E-state index contributed by atoms with van der Waals surface area (Å²) in [7, 11) is 1.68. The van der Waals surface area contributed by atoms with Gasteiger partial charge in [-0.25, -0.2) is 4.98 Å².